The Labute approximate surface area is 260 Å². The number of sulfonamides is 1. The molecule has 13 nitrogen and oxygen atoms in total. The normalized spacial score (nSPS) is 11.8. The van der Waals surface area contributed by atoms with Crippen molar-refractivity contribution in [1.82, 2.24) is 14.3 Å². The van der Waals surface area contributed by atoms with Crippen molar-refractivity contribution >= 4 is 45.1 Å². The number of methoxy groups -OCH3 is 1. The van der Waals surface area contributed by atoms with Crippen LogP contribution in [-0.2, 0) is 26.0 Å². The summed E-state index contributed by atoms with van der Waals surface area (Å²) in [6.07, 6.45) is 3.39. The van der Waals surface area contributed by atoms with Gasteiger partial charge >= 0.3 is 12.0 Å². The van der Waals surface area contributed by atoms with Crippen LogP contribution in [0.3, 0.4) is 0 Å². The zero-order valence-electron chi connectivity index (χ0n) is 24.7. The van der Waals surface area contributed by atoms with Gasteiger partial charge in [-0.3, -0.25) is 14.6 Å². The number of aliphatic carboxylic acids is 1. The van der Waals surface area contributed by atoms with Crippen molar-refractivity contribution in [3.8, 4) is 5.75 Å². The molecule has 0 saturated heterocycles. The molecule has 4 N–H and O–H groups in total. The molecule has 0 fully saturated rings. The van der Waals surface area contributed by atoms with Crippen LogP contribution in [-0.4, -0.2) is 59.9 Å². The summed E-state index contributed by atoms with van der Waals surface area (Å²) in [5.74, 6) is -1.05. The number of nitrogens with one attached hydrogen (secondary N) is 3. The molecule has 0 aliphatic rings. The summed E-state index contributed by atoms with van der Waals surface area (Å²) in [4.78, 5) is 44.9. The first-order valence-corrected chi connectivity index (χ1v) is 15.1. The number of nitrogens with zero attached hydrogens (tertiary/aromatic N) is 3. The fourth-order valence-corrected chi connectivity index (χ4v) is 5.75. The molecule has 0 bridgehead atoms. The number of carboxylic acids is 1. The summed E-state index contributed by atoms with van der Waals surface area (Å²) < 4.78 is 32.6. The van der Waals surface area contributed by atoms with Crippen molar-refractivity contribution < 1.29 is 32.6 Å². The third-order valence-electron chi connectivity index (χ3n) is 6.83. The Balaban J connectivity index is 1.41. The molecule has 1 atom stereocenters. The first-order valence-electron chi connectivity index (χ1n) is 13.6. The van der Waals surface area contributed by atoms with Crippen molar-refractivity contribution in [3.63, 3.8) is 0 Å². The molecule has 2 aromatic carbocycles. The third-order valence-corrected chi connectivity index (χ3v) is 8.68. The molecule has 4 aromatic rings. The van der Waals surface area contributed by atoms with E-state index >= 15 is 0 Å². The van der Waals surface area contributed by atoms with Crippen LogP contribution in [0.15, 0.2) is 90.2 Å². The van der Waals surface area contributed by atoms with Gasteiger partial charge in [-0.15, -0.1) is 0 Å². The highest BCUT2D eigenvalue weighted by Crippen LogP contribution is 2.29. The summed E-state index contributed by atoms with van der Waals surface area (Å²) in [7, 11) is -1.31. The number of amides is 3. The minimum Gasteiger partial charge on any atom is -0.495 e. The van der Waals surface area contributed by atoms with Gasteiger partial charge in [-0.25, -0.2) is 18.2 Å². The summed E-state index contributed by atoms with van der Waals surface area (Å²) in [5.41, 5.74) is 2.92. The molecule has 4 rings (SSSR count). The first kappa shape index (κ1) is 32.6. The molecular weight excluding hydrogens is 600 g/mol. The maximum absolute atomic E-state index is 13.1. The minimum absolute atomic E-state index is 0.0385. The number of carboxylic acid groups (broad SMARTS) is 1. The second-order valence-corrected chi connectivity index (χ2v) is 12.0. The lowest BCUT2D eigenvalue weighted by Crippen LogP contribution is -2.33. The number of benzene rings is 2. The maximum atomic E-state index is 13.1. The molecular formula is C31H32N6O7S. The number of anilines is 3. The number of carbonyl (C=O) groups is 3. The molecule has 1 unspecified atom stereocenters. The van der Waals surface area contributed by atoms with Crippen LogP contribution in [0.1, 0.15) is 29.2 Å². The Morgan fingerprint density at radius 1 is 0.956 bits per heavy atom. The maximum Gasteiger partial charge on any atom is 0.323 e. The largest absolute Gasteiger partial charge is 0.495 e. The van der Waals surface area contributed by atoms with Gasteiger partial charge in [0.05, 0.1) is 31.7 Å². The van der Waals surface area contributed by atoms with Crippen LogP contribution in [0.2, 0.25) is 0 Å². The van der Waals surface area contributed by atoms with E-state index in [1.165, 1.54) is 57.0 Å². The van der Waals surface area contributed by atoms with Gasteiger partial charge < -0.3 is 25.8 Å². The average molecular weight is 633 g/mol. The number of carbonyl (C=O) groups excluding carboxylic acids is 2. The number of hydrogen-bond acceptors (Lipinski definition) is 8. The Morgan fingerprint density at radius 3 is 2.36 bits per heavy atom. The second-order valence-electron chi connectivity index (χ2n) is 9.95. The minimum atomic E-state index is -4.05. The standard InChI is InChI=1S/C31H32N6O7S/c1-20-7-4-5-9-24(20)34-31(41)35-25-12-10-21(15-27(25)44-3)16-29(38)36-28-13-11-22(18-33-28)26(17-30(39)40)37(2)45(42,43)23-8-6-14-32-19-23/h4-15,18-19,26H,16-17H2,1-3H3,(H,39,40)(H,33,36,38)(H2,34,35,41). The van der Waals surface area contributed by atoms with Gasteiger partial charge in [-0.05, 0) is 60.0 Å². The van der Waals surface area contributed by atoms with E-state index in [0.717, 1.165) is 9.87 Å². The van der Waals surface area contributed by atoms with Gasteiger partial charge in [0.1, 0.15) is 16.5 Å². The number of hydrogen-bond donors (Lipinski definition) is 4. The fraction of sp³-hybridized carbons (Fsp3) is 0.194. The quantitative estimate of drug-likeness (QED) is 0.175. The van der Waals surface area contributed by atoms with E-state index in [1.807, 2.05) is 25.1 Å². The first-order chi connectivity index (χ1) is 21.5. The average Bonchev–Trinajstić information content (AvgIpc) is 3.02. The van der Waals surface area contributed by atoms with E-state index in [0.29, 0.717) is 28.3 Å². The molecule has 234 valence electrons. The molecule has 0 aliphatic carbocycles. The highest BCUT2D eigenvalue weighted by molar-refractivity contribution is 7.89. The number of aromatic nitrogens is 2. The zero-order chi connectivity index (χ0) is 32.6. The Morgan fingerprint density at radius 2 is 1.71 bits per heavy atom. The van der Waals surface area contributed by atoms with Gasteiger partial charge in [0.25, 0.3) is 0 Å². The molecule has 45 heavy (non-hydrogen) atoms. The summed E-state index contributed by atoms with van der Waals surface area (Å²) >= 11 is 0. The van der Waals surface area contributed by atoms with Gasteiger partial charge in [0, 0.05) is 31.3 Å². The highest BCUT2D eigenvalue weighted by Gasteiger charge is 2.31. The van der Waals surface area contributed by atoms with Crippen molar-refractivity contribution in [1.29, 1.82) is 0 Å². The van der Waals surface area contributed by atoms with Crippen molar-refractivity contribution in [2.75, 3.05) is 30.1 Å². The molecule has 0 aliphatic heterocycles. The number of pyridine rings is 2. The number of urea groups is 1. The molecule has 0 radical (unpaired) electrons. The van der Waals surface area contributed by atoms with Crippen LogP contribution in [0.4, 0.5) is 22.0 Å². The Hall–Kier alpha value is -5.34. The van der Waals surface area contributed by atoms with Crippen molar-refractivity contribution in [2.24, 2.45) is 0 Å². The highest BCUT2D eigenvalue weighted by atomic mass is 32.2. The van der Waals surface area contributed by atoms with Gasteiger partial charge in [0.2, 0.25) is 15.9 Å². The summed E-state index contributed by atoms with van der Waals surface area (Å²) in [5, 5.41) is 17.7. The number of para-hydroxylation sites is 1. The van der Waals surface area contributed by atoms with Crippen LogP contribution < -0.4 is 20.7 Å². The van der Waals surface area contributed by atoms with Gasteiger partial charge in [-0.1, -0.05) is 30.3 Å². The molecule has 3 amide bonds. The van der Waals surface area contributed by atoms with E-state index < -0.39 is 40.4 Å². The smallest absolute Gasteiger partial charge is 0.323 e. The second kappa shape index (κ2) is 14.4. The molecule has 0 spiro atoms. The number of ether oxygens (including phenoxy) is 1. The third kappa shape index (κ3) is 8.40. The van der Waals surface area contributed by atoms with Crippen LogP contribution in [0, 0.1) is 6.92 Å². The number of aryl methyl sites for hydroxylation is 1. The van der Waals surface area contributed by atoms with E-state index in [-0.39, 0.29) is 17.1 Å². The fourth-order valence-electron chi connectivity index (χ4n) is 4.44. The molecule has 2 heterocycles. The van der Waals surface area contributed by atoms with Gasteiger partial charge in [-0.2, -0.15) is 4.31 Å². The monoisotopic (exact) mass is 632 g/mol. The Kier molecular flexibility index (Phi) is 10.4. The lowest BCUT2D eigenvalue weighted by Gasteiger charge is -2.26. The zero-order valence-corrected chi connectivity index (χ0v) is 25.5. The molecule has 0 saturated carbocycles. The lowest BCUT2D eigenvalue weighted by molar-refractivity contribution is -0.138. The SMILES string of the molecule is COc1cc(CC(=O)Nc2ccc(C(CC(=O)O)N(C)S(=O)(=O)c3cccnc3)cn2)ccc1NC(=O)Nc1ccccc1C. The van der Waals surface area contributed by atoms with E-state index in [2.05, 4.69) is 25.9 Å². The van der Waals surface area contributed by atoms with Crippen molar-refractivity contribution in [2.45, 2.75) is 30.7 Å². The van der Waals surface area contributed by atoms with Crippen LogP contribution >= 0.6 is 0 Å². The number of rotatable bonds is 12. The van der Waals surface area contributed by atoms with E-state index in [4.69, 9.17) is 4.74 Å². The van der Waals surface area contributed by atoms with Crippen LogP contribution in [0.5, 0.6) is 5.75 Å². The van der Waals surface area contributed by atoms with Gasteiger partial charge in [0.15, 0.2) is 0 Å². The summed E-state index contributed by atoms with van der Waals surface area (Å²) in [6.45, 7) is 1.88. The molecule has 2 aromatic heterocycles. The topological polar surface area (TPSA) is 180 Å². The van der Waals surface area contributed by atoms with Crippen molar-refractivity contribution in [3.05, 3.63) is 102 Å². The predicted octanol–water partition coefficient (Wildman–Crippen LogP) is 4.46. The molecule has 14 heteroatoms. The van der Waals surface area contributed by atoms with Crippen LogP contribution in [0.25, 0.3) is 0 Å². The van der Waals surface area contributed by atoms with E-state index in [1.54, 1.807) is 24.3 Å². The summed E-state index contributed by atoms with van der Waals surface area (Å²) in [6, 6.07) is 16.6. The van der Waals surface area contributed by atoms with E-state index in [9.17, 15) is 27.9 Å². The Bertz CT molecular complexity index is 1780. The predicted molar refractivity (Wildman–Crippen MR) is 168 cm³/mol. The lowest BCUT2D eigenvalue weighted by atomic mass is 10.1.